The molecule has 134 valence electrons. The maximum Gasteiger partial charge on any atom is 0.326 e. The van der Waals surface area contributed by atoms with Crippen molar-refractivity contribution >= 4 is 56.6 Å². The van der Waals surface area contributed by atoms with Crippen LogP contribution in [0, 0.1) is 0 Å². The number of halogens is 2. The highest BCUT2D eigenvalue weighted by Gasteiger charge is 2.22. The Bertz CT molecular complexity index is 1070. The molecule has 0 saturated heterocycles. The van der Waals surface area contributed by atoms with Crippen molar-refractivity contribution < 1.29 is 14.7 Å². The molecule has 0 aliphatic carbocycles. The van der Waals surface area contributed by atoms with E-state index in [2.05, 4.69) is 4.99 Å². The van der Waals surface area contributed by atoms with Crippen LogP contribution in [0.1, 0.15) is 29.7 Å². The zero-order chi connectivity index (χ0) is 18.8. The fourth-order valence-corrected chi connectivity index (χ4v) is 4.04. The smallest absolute Gasteiger partial charge is 0.326 e. The van der Waals surface area contributed by atoms with Crippen LogP contribution in [0.5, 0.6) is 0 Å². The van der Waals surface area contributed by atoms with Gasteiger partial charge in [0.2, 0.25) is 0 Å². The minimum absolute atomic E-state index is 0.307. The Hall–Kier alpha value is -2.15. The van der Waals surface area contributed by atoms with Gasteiger partial charge in [0.15, 0.2) is 4.80 Å². The highest BCUT2D eigenvalue weighted by atomic mass is 35.5. The minimum atomic E-state index is -0.996. The molecule has 3 aromatic rings. The van der Waals surface area contributed by atoms with E-state index in [4.69, 9.17) is 23.2 Å². The van der Waals surface area contributed by atoms with Crippen LogP contribution in [-0.2, 0) is 4.79 Å². The molecule has 1 heterocycles. The second-order valence-corrected chi connectivity index (χ2v) is 7.44. The van der Waals surface area contributed by atoms with E-state index in [9.17, 15) is 14.7 Å². The lowest BCUT2D eigenvalue weighted by atomic mass is 10.2. The Kier molecular flexibility index (Phi) is 5.46. The highest BCUT2D eigenvalue weighted by molar-refractivity contribution is 7.16. The van der Waals surface area contributed by atoms with Crippen LogP contribution in [0.25, 0.3) is 10.2 Å². The normalized spacial score (nSPS) is 13.1. The number of benzene rings is 2. The van der Waals surface area contributed by atoms with E-state index in [1.165, 1.54) is 17.4 Å². The zero-order valence-electron chi connectivity index (χ0n) is 13.6. The van der Waals surface area contributed by atoms with E-state index in [0.29, 0.717) is 32.3 Å². The van der Waals surface area contributed by atoms with Gasteiger partial charge in [0.25, 0.3) is 5.91 Å². The summed E-state index contributed by atoms with van der Waals surface area (Å²) in [6.07, 6.45) is 0.340. The number of carboxylic acids is 1. The molecule has 1 unspecified atom stereocenters. The molecule has 26 heavy (non-hydrogen) atoms. The SMILES string of the molecule is CCC(C(=O)O)n1/c(=N/C(=O)c2cccc(Cl)c2)sc2ccc(Cl)cc21. The molecule has 0 aliphatic heterocycles. The number of nitrogens with zero attached hydrogens (tertiary/aromatic N) is 2. The van der Waals surface area contributed by atoms with E-state index in [1.807, 2.05) is 0 Å². The Balaban J connectivity index is 2.24. The van der Waals surface area contributed by atoms with Gasteiger partial charge in [0.1, 0.15) is 6.04 Å². The third-order valence-electron chi connectivity index (χ3n) is 3.84. The molecule has 0 saturated carbocycles. The van der Waals surface area contributed by atoms with Crippen LogP contribution in [0.4, 0.5) is 0 Å². The summed E-state index contributed by atoms with van der Waals surface area (Å²) in [4.78, 5) is 28.7. The van der Waals surface area contributed by atoms with Crippen LogP contribution in [0.2, 0.25) is 10.0 Å². The molecule has 0 radical (unpaired) electrons. The lowest BCUT2D eigenvalue weighted by molar-refractivity contribution is -0.140. The van der Waals surface area contributed by atoms with Crippen molar-refractivity contribution in [2.45, 2.75) is 19.4 Å². The molecule has 2 aromatic carbocycles. The molecular weight excluding hydrogens is 395 g/mol. The summed E-state index contributed by atoms with van der Waals surface area (Å²) in [6.45, 7) is 1.77. The largest absolute Gasteiger partial charge is 0.480 e. The molecule has 1 amide bonds. The first kappa shape index (κ1) is 18.6. The predicted octanol–water partition coefficient (Wildman–Crippen LogP) is 4.79. The standard InChI is InChI=1S/C18H14Cl2N2O3S/c1-2-13(17(24)25)22-14-9-12(20)6-7-15(14)26-18(22)21-16(23)10-4-3-5-11(19)8-10/h3-9,13H,2H2,1H3,(H,24,25)/b21-18-. The average Bonchev–Trinajstić information content (AvgIpc) is 2.93. The number of carbonyl (C=O) groups excluding carboxylic acids is 1. The number of carbonyl (C=O) groups is 2. The van der Waals surface area contributed by atoms with Gasteiger partial charge in [0.05, 0.1) is 10.2 Å². The van der Waals surface area contributed by atoms with Crippen LogP contribution >= 0.6 is 34.5 Å². The van der Waals surface area contributed by atoms with Crippen molar-refractivity contribution in [1.29, 1.82) is 0 Å². The third-order valence-corrected chi connectivity index (χ3v) is 5.35. The quantitative estimate of drug-likeness (QED) is 0.674. The van der Waals surface area contributed by atoms with E-state index in [0.717, 1.165) is 4.70 Å². The summed E-state index contributed by atoms with van der Waals surface area (Å²) >= 11 is 13.2. The Morgan fingerprint density at radius 1 is 1.19 bits per heavy atom. The van der Waals surface area contributed by atoms with Crippen LogP contribution in [-0.4, -0.2) is 21.6 Å². The molecule has 0 spiro atoms. The number of amides is 1. The average molecular weight is 409 g/mol. The molecule has 1 N–H and O–H groups in total. The third kappa shape index (κ3) is 3.67. The molecule has 0 fully saturated rings. The Morgan fingerprint density at radius 2 is 1.92 bits per heavy atom. The number of carboxylic acid groups (broad SMARTS) is 1. The van der Waals surface area contributed by atoms with Gasteiger partial charge in [-0.1, -0.05) is 47.5 Å². The lowest BCUT2D eigenvalue weighted by Gasteiger charge is -2.13. The van der Waals surface area contributed by atoms with Gasteiger partial charge in [-0.3, -0.25) is 4.79 Å². The Morgan fingerprint density at radius 3 is 2.58 bits per heavy atom. The molecule has 1 atom stereocenters. The van der Waals surface area contributed by atoms with E-state index in [-0.39, 0.29) is 0 Å². The maximum atomic E-state index is 12.5. The number of fused-ring (bicyclic) bond motifs is 1. The molecule has 0 bridgehead atoms. The number of hydrogen-bond donors (Lipinski definition) is 1. The van der Waals surface area contributed by atoms with Gasteiger partial charge in [-0.15, -0.1) is 0 Å². The second-order valence-electron chi connectivity index (χ2n) is 5.56. The number of aliphatic carboxylic acids is 1. The van der Waals surface area contributed by atoms with Gasteiger partial charge in [0, 0.05) is 15.6 Å². The van der Waals surface area contributed by atoms with E-state index < -0.39 is 17.9 Å². The fraction of sp³-hybridized carbons (Fsp3) is 0.167. The first-order chi connectivity index (χ1) is 12.4. The highest BCUT2D eigenvalue weighted by Crippen LogP contribution is 2.26. The van der Waals surface area contributed by atoms with E-state index in [1.54, 1.807) is 47.9 Å². The van der Waals surface area contributed by atoms with Gasteiger partial charge in [-0.05, 0) is 42.8 Å². The lowest BCUT2D eigenvalue weighted by Crippen LogP contribution is -2.27. The first-order valence-corrected chi connectivity index (χ1v) is 9.36. The van der Waals surface area contributed by atoms with Crippen LogP contribution < -0.4 is 4.80 Å². The maximum absolute atomic E-state index is 12.5. The predicted molar refractivity (Wildman–Crippen MR) is 103 cm³/mol. The number of aromatic nitrogens is 1. The second kappa shape index (κ2) is 7.61. The van der Waals surface area contributed by atoms with Crippen molar-refractivity contribution in [1.82, 2.24) is 4.57 Å². The van der Waals surface area contributed by atoms with Gasteiger partial charge in [-0.25, -0.2) is 4.79 Å². The molecule has 5 nitrogen and oxygen atoms in total. The van der Waals surface area contributed by atoms with Crippen LogP contribution in [0.15, 0.2) is 47.5 Å². The first-order valence-electron chi connectivity index (χ1n) is 7.78. The van der Waals surface area contributed by atoms with Crippen molar-refractivity contribution in [2.75, 3.05) is 0 Å². The van der Waals surface area contributed by atoms with Gasteiger partial charge < -0.3 is 9.67 Å². The summed E-state index contributed by atoms with van der Waals surface area (Å²) in [5.74, 6) is -1.48. The number of thiazole rings is 1. The van der Waals surface area contributed by atoms with Gasteiger partial charge in [-0.2, -0.15) is 4.99 Å². The van der Waals surface area contributed by atoms with Gasteiger partial charge >= 0.3 is 5.97 Å². The monoisotopic (exact) mass is 408 g/mol. The van der Waals surface area contributed by atoms with Crippen molar-refractivity contribution in [3.05, 3.63) is 62.9 Å². The molecular formula is C18H14Cl2N2O3S. The summed E-state index contributed by atoms with van der Waals surface area (Å²) in [5.41, 5.74) is 0.970. The summed E-state index contributed by atoms with van der Waals surface area (Å²) in [6, 6.07) is 10.8. The number of rotatable bonds is 4. The molecule has 8 heteroatoms. The van der Waals surface area contributed by atoms with Crippen molar-refractivity contribution in [3.8, 4) is 0 Å². The molecule has 0 aliphatic rings. The summed E-state index contributed by atoms with van der Waals surface area (Å²) < 4.78 is 2.35. The van der Waals surface area contributed by atoms with Crippen LogP contribution in [0.3, 0.4) is 0 Å². The topological polar surface area (TPSA) is 71.7 Å². The minimum Gasteiger partial charge on any atom is -0.480 e. The summed E-state index contributed by atoms with van der Waals surface area (Å²) in [5, 5.41) is 10.5. The zero-order valence-corrected chi connectivity index (χ0v) is 16.0. The Labute approximate surface area is 163 Å². The fourth-order valence-electron chi connectivity index (χ4n) is 2.63. The summed E-state index contributed by atoms with van der Waals surface area (Å²) in [7, 11) is 0. The molecule has 1 aromatic heterocycles. The van der Waals surface area contributed by atoms with Crippen molar-refractivity contribution in [3.63, 3.8) is 0 Å². The molecule has 3 rings (SSSR count). The van der Waals surface area contributed by atoms with E-state index >= 15 is 0 Å². The van der Waals surface area contributed by atoms with Crippen molar-refractivity contribution in [2.24, 2.45) is 4.99 Å². The number of hydrogen-bond acceptors (Lipinski definition) is 3.